The lowest BCUT2D eigenvalue weighted by Gasteiger charge is -2.44. The van der Waals surface area contributed by atoms with Gasteiger partial charge in [0.05, 0.1) is 47.1 Å². The van der Waals surface area contributed by atoms with Crippen LogP contribution in [-0.4, -0.2) is 50.4 Å². The maximum absolute atomic E-state index is 12.8. The third kappa shape index (κ3) is 3.33. The first-order valence-electron chi connectivity index (χ1n) is 9.97. The second-order valence-electron chi connectivity index (χ2n) is 7.70. The van der Waals surface area contributed by atoms with Crippen LogP contribution >= 0.6 is 11.3 Å². The molecule has 154 valence electrons. The number of carbonyl (C=O) groups is 1. The first kappa shape index (κ1) is 19.1. The van der Waals surface area contributed by atoms with Crippen LogP contribution in [0.5, 0.6) is 0 Å². The second kappa shape index (κ2) is 7.41. The fourth-order valence-electron chi connectivity index (χ4n) is 4.16. The van der Waals surface area contributed by atoms with Gasteiger partial charge in [-0.3, -0.25) is 9.78 Å². The zero-order chi connectivity index (χ0) is 20.7. The number of amides is 1. The van der Waals surface area contributed by atoms with E-state index in [1.54, 1.807) is 36.1 Å². The van der Waals surface area contributed by atoms with Gasteiger partial charge in [-0.25, -0.2) is 15.0 Å². The largest absolute Gasteiger partial charge is 0.382 e. The van der Waals surface area contributed by atoms with E-state index in [9.17, 15) is 4.79 Å². The van der Waals surface area contributed by atoms with Crippen molar-refractivity contribution >= 4 is 23.1 Å². The highest BCUT2D eigenvalue weighted by Gasteiger charge is 2.43. The van der Waals surface area contributed by atoms with E-state index in [0.29, 0.717) is 31.2 Å². The SMILES string of the molecule is Cc1cnc(C(=O)N2CCC3(CC2)OCCc2sc(-c4cnc(N)cn4)cc23)cn1. The number of thiophene rings is 1. The summed E-state index contributed by atoms with van der Waals surface area (Å²) in [6.07, 6.45) is 8.88. The van der Waals surface area contributed by atoms with Gasteiger partial charge in [0.1, 0.15) is 11.5 Å². The van der Waals surface area contributed by atoms with Gasteiger partial charge in [0, 0.05) is 30.6 Å². The highest BCUT2D eigenvalue weighted by atomic mass is 32.1. The number of carbonyl (C=O) groups excluding carboxylic acids is 1. The Morgan fingerprint density at radius 3 is 2.67 bits per heavy atom. The van der Waals surface area contributed by atoms with E-state index in [1.807, 2.05) is 11.8 Å². The van der Waals surface area contributed by atoms with Crippen LogP contribution in [0.4, 0.5) is 5.82 Å². The molecule has 5 rings (SSSR count). The molecule has 1 spiro atoms. The molecule has 8 nitrogen and oxygen atoms in total. The number of nitrogens with zero attached hydrogens (tertiary/aromatic N) is 5. The van der Waals surface area contributed by atoms with Crippen molar-refractivity contribution in [3.63, 3.8) is 0 Å². The molecule has 1 amide bonds. The monoisotopic (exact) mass is 422 g/mol. The Balaban J connectivity index is 1.37. The van der Waals surface area contributed by atoms with Gasteiger partial charge in [-0.2, -0.15) is 0 Å². The summed E-state index contributed by atoms with van der Waals surface area (Å²) in [6.45, 7) is 3.80. The van der Waals surface area contributed by atoms with E-state index in [1.165, 1.54) is 10.4 Å². The summed E-state index contributed by atoms with van der Waals surface area (Å²) in [5.74, 6) is 0.340. The van der Waals surface area contributed by atoms with Crippen LogP contribution in [0.3, 0.4) is 0 Å². The molecule has 3 aromatic heterocycles. The number of likely N-dealkylation sites (tertiary alicyclic amines) is 1. The molecular formula is C21H22N6O2S. The minimum Gasteiger partial charge on any atom is -0.382 e. The van der Waals surface area contributed by atoms with E-state index in [0.717, 1.165) is 35.5 Å². The number of nitrogen functional groups attached to an aromatic ring is 1. The highest BCUT2D eigenvalue weighted by molar-refractivity contribution is 7.15. The maximum Gasteiger partial charge on any atom is 0.274 e. The predicted octanol–water partition coefficient (Wildman–Crippen LogP) is 2.59. The number of piperidine rings is 1. The van der Waals surface area contributed by atoms with Crippen molar-refractivity contribution in [2.45, 2.75) is 31.8 Å². The van der Waals surface area contributed by atoms with Gasteiger partial charge >= 0.3 is 0 Å². The van der Waals surface area contributed by atoms with Crippen molar-refractivity contribution in [2.24, 2.45) is 0 Å². The van der Waals surface area contributed by atoms with Crippen LogP contribution in [0.1, 0.15) is 39.5 Å². The van der Waals surface area contributed by atoms with Crippen molar-refractivity contribution < 1.29 is 9.53 Å². The Morgan fingerprint density at radius 2 is 1.97 bits per heavy atom. The molecule has 5 heterocycles. The molecular weight excluding hydrogens is 400 g/mol. The van der Waals surface area contributed by atoms with Crippen molar-refractivity contribution in [1.82, 2.24) is 24.8 Å². The minimum atomic E-state index is -0.348. The minimum absolute atomic E-state index is 0.0726. The van der Waals surface area contributed by atoms with E-state index in [-0.39, 0.29) is 11.5 Å². The van der Waals surface area contributed by atoms with Gasteiger partial charge in [-0.05, 0) is 31.4 Å². The van der Waals surface area contributed by atoms with Crippen molar-refractivity contribution in [2.75, 3.05) is 25.4 Å². The lowest BCUT2D eigenvalue weighted by Crippen LogP contribution is -2.48. The standard InChI is InChI=1S/C21H22N6O2S/c1-13-9-24-16(11-23-13)20(28)27-5-3-21(4-6-27)14-8-18(30-17(14)2-7-29-21)15-10-26-19(22)12-25-15/h8-12H,2-7H2,1H3,(H2,22,26). The molecule has 0 bridgehead atoms. The third-order valence-electron chi connectivity index (χ3n) is 5.79. The molecule has 9 heteroatoms. The number of aryl methyl sites for hydroxylation is 1. The quantitative estimate of drug-likeness (QED) is 0.676. The van der Waals surface area contributed by atoms with Gasteiger partial charge in [0.15, 0.2) is 0 Å². The lowest BCUT2D eigenvalue weighted by atomic mass is 9.82. The fraction of sp³-hybridized carbons (Fsp3) is 0.381. The average Bonchev–Trinajstić information content (AvgIpc) is 3.21. The Morgan fingerprint density at radius 1 is 1.13 bits per heavy atom. The van der Waals surface area contributed by atoms with Gasteiger partial charge in [0.25, 0.3) is 5.91 Å². The highest BCUT2D eigenvalue weighted by Crippen LogP contribution is 2.46. The molecule has 2 aliphatic heterocycles. The summed E-state index contributed by atoms with van der Waals surface area (Å²) >= 11 is 1.75. The van der Waals surface area contributed by atoms with Crippen molar-refractivity contribution in [1.29, 1.82) is 0 Å². The number of hydrogen-bond acceptors (Lipinski definition) is 8. The van der Waals surface area contributed by atoms with Crippen LogP contribution in [0, 0.1) is 6.92 Å². The predicted molar refractivity (Wildman–Crippen MR) is 113 cm³/mol. The van der Waals surface area contributed by atoms with Crippen LogP contribution in [0.2, 0.25) is 0 Å². The number of nitrogens with two attached hydrogens (primary N) is 1. The molecule has 1 saturated heterocycles. The number of aromatic nitrogens is 4. The molecule has 0 radical (unpaired) electrons. The Labute approximate surface area is 178 Å². The van der Waals surface area contributed by atoms with E-state index in [2.05, 4.69) is 26.0 Å². The summed E-state index contributed by atoms with van der Waals surface area (Å²) < 4.78 is 6.34. The average molecular weight is 423 g/mol. The van der Waals surface area contributed by atoms with E-state index >= 15 is 0 Å². The Hall–Kier alpha value is -2.91. The molecule has 30 heavy (non-hydrogen) atoms. The van der Waals surface area contributed by atoms with E-state index < -0.39 is 0 Å². The lowest BCUT2D eigenvalue weighted by molar-refractivity contribution is -0.0926. The smallest absolute Gasteiger partial charge is 0.274 e. The molecule has 0 saturated carbocycles. The summed E-state index contributed by atoms with van der Waals surface area (Å²) in [7, 11) is 0. The summed E-state index contributed by atoms with van der Waals surface area (Å²) in [4.78, 5) is 34.1. The fourth-order valence-corrected chi connectivity index (χ4v) is 5.35. The number of rotatable bonds is 2. The molecule has 0 aliphatic carbocycles. The first-order valence-corrected chi connectivity index (χ1v) is 10.8. The van der Waals surface area contributed by atoms with Crippen LogP contribution in [-0.2, 0) is 16.8 Å². The number of ether oxygens (including phenoxy) is 1. The molecule has 2 aliphatic rings. The number of anilines is 1. The molecule has 0 aromatic carbocycles. The van der Waals surface area contributed by atoms with Gasteiger partial charge < -0.3 is 15.4 Å². The summed E-state index contributed by atoms with van der Waals surface area (Å²) in [5, 5.41) is 0. The zero-order valence-corrected chi connectivity index (χ0v) is 17.5. The topological polar surface area (TPSA) is 107 Å². The molecule has 0 unspecified atom stereocenters. The van der Waals surface area contributed by atoms with Crippen LogP contribution in [0.15, 0.2) is 30.9 Å². The third-order valence-corrected chi connectivity index (χ3v) is 7.01. The van der Waals surface area contributed by atoms with Crippen LogP contribution in [0.25, 0.3) is 10.6 Å². The number of fused-ring (bicyclic) bond motifs is 2. The molecule has 0 atom stereocenters. The second-order valence-corrected chi connectivity index (χ2v) is 8.84. The van der Waals surface area contributed by atoms with Crippen molar-refractivity contribution in [3.8, 4) is 10.6 Å². The summed E-state index contributed by atoms with van der Waals surface area (Å²) in [5.41, 5.74) is 8.56. The molecule has 2 N–H and O–H groups in total. The van der Waals surface area contributed by atoms with Crippen molar-refractivity contribution in [3.05, 3.63) is 52.7 Å². The normalized spacial score (nSPS) is 17.7. The zero-order valence-electron chi connectivity index (χ0n) is 16.7. The Kier molecular flexibility index (Phi) is 4.71. The van der Waals surface area contributed by atoms with Gasteiger partial charge in [-0.1, -0.05) is 0 Å². The molecule has 1 fully saturated rings. The van der Waals surface area contributed by atoms with Gasteiger partial charge in [0.2, 0.25) is 0 Å². The van der Waals surface area contributed by atoms with E-state index in [4.69, 9.17) is 10.5 Å². The molecule has 3 aromatic rings. The number of hydrogen-bond donors (Lipinski definition) is 1. The Bertz CT molecular complexity index is 1070. The first-order chi connectivity index (χ1) is 14.5. The van der Waals surface area contributed by atoms with Gasteiger partial charge in [-0.15, -0.1) is 11.3 Å². The summed E-state index contributed by atoms with van der Waals surface area (Å²) in [6, 6.07) is 2.18. The van der Waals surface area contributed by atoms with Crippen LogP contribution < -0.4 is 5.73 Å². The maximum atomic E-state index is 12.8.